The Bertz CT molecular complexity index is 1190. The monoisotopic (exact) mass is 449 g/mol. The van der Waals surface area contributed by atoms with Gasteiger partial charge in [0.1, 0.15) is 5.75 Å². The molecule has 0 radical (unpaired) electrons. The van der Waals surface area contributed by atoms with Gasteiger partial charge in [0.25, 0.3) is 0 Å². The van der Waals surface area contributed by atoms with E-state index in [9.17, 15) is 9.59 Å². The van der Waals surface area contributed by atoms with Gasteiger partial charge in [-0.15, -0.1) is 0 Å². The Kier molecular flexibility index (Phi) is 6.62. The SMILES string of the molecule is COc1cccc(CNC(=O)CCc2c(C)nc3cc([C@@H]4CCN(C(C)=O)C4)nn3c2C)c1. The van der Waals surface area contributed by atoms with Crippen LogP contribution in [0, 0.1) is 13.8 Å². The smallest absolute Gasteiger partial charge is 0.220 e. The van der Waals surface area contributed by atoms with Crippen LogP contribution in [0.4, 0.5) is 0 Å². The molecular weight excluding hydrogens is 418 g/mol. The summed E-state index contributed by atoms with van der Waals surface area (Å²) < 4.78 is 7.11. The van der Waals surface area contributed by atoms with Crippen molar-refractivity contribution in [1.82, 2.24) is 24.8 Å². The molecule has 0 spiro atoms. The van der Waals surface area contributed by atoms with E-state index < -0.39 is 0 Å². The van der Waals surface area contributed by atoms with Crippen molar-refractivity contribution < 1.29 is 14.3 Å². The minimum absolute atomic E-state index is 0.00634. The van der Waals surface area contributed by atoms with Gasteiger partial charge in [0, 0.05) is 56.4 Å². The number of methoxy groups -OCH3 is 1. The second-order valence-corrected chi connectivity index (χ2v) is 8.68. The fraction of sp³-hybridized carbons (Fsp3) is 0.440. The van der Waals surface area contributed by atoms with Crippen molar-refractivity contribution in [3.8, 4) is 5.75 Å². The summed E-state index contributed by atoms with van der Waals surface area (Å²) in [6.07, 6.45) is 1.90. The van der Waals surface area contributed by atoms with E-state index in [-0.39, 0.29) is 17.7 Å². The molecule has 0 unspecified atom stereocenters. The molecule has 1 aliphatic heterocycles. The third-order valence-electron chi connectivity index (χ3n) is 6.46. The van der Waals surface area contributed by atoms with Crippen LogP contribution in [0.2, 0.25) is 0 Å². The van der Waals surface area contributed by atoms with Crippen molar-refractivity contribution in [2.24, 2.45) is 0 Å². The van der Waals surface area contributed by atoms with E-state index in [2.05, 4.69) is 5.32 Å². The lowest BCUT2D eigenvalue weighted by Gasteiger charge is -2.12. The van der Waals surface area contributed by atoms with Gasteiger partial charge in [-0.1, -0.05) is 12.1 Å². The fourth-order valence-corrected chi connectivity index (χ4v) is 4.50. The number of carbonyl (C=O) groups is 2. The van der Waals surface area contributed by atoms with Gasteiger partial charge in [0.15, 0.2) is 5.65 Å². The van der Waals surface area contributed by atoms with Gasteiger partial charge in [-0.25, -0.2) is 9.50 Å². The molecule has 0 saturated carbocycles. The molecule has 174 valence electrons. The highest BCUT2D eigenvalue weighted by molar-refractivity contribution is 5.76. The molecule has 8 heteroatoms. The maximum absolute atomic E-state index is 12.5. The van der Waals surface area contributed by atoms with Crippen LogP contribution in [-0.2, 0) is 22.6 Å². The van der Waals surface area contributed by atoms with Crippen LogP contribution in [0.25, 0.3) is 5.65 Å². The standard InChI is InChI=1S/C25H31N5O3/c1-16-22(8-9-25(32)26-14-19-6-5-7-21(12-19)33-4)17(2)30-24(27-16)13-23(28-30)20-10-11-29(15-20)18(3)31/h5-7,12-13,20H,8-11,14-15H2,1-4H3,(H,26,32)/t20-/m1/s1. The summed E-state index contributed by atoms with van der Waals surface area (Å²) in [5.41, 5.74) is 5.76. The largest absolute Gasteiger partial charge is 0.497 e. The van der Waals surface area contributed by atoms with Crippen LogP contribution in [0.1, 0.15) is 53.9 Å². The zero-order valence-corrected chi connectivity index (χ0v) is 19.7. The average Bonchev–Trinajstić information content (AvgIpc) is 3.45. The van der Waals surface area contributed by atoms with Gasteiger partial charge < -0.3 is 15.0 Å². The maximum Gasteiger partial charge on any atom is 0.220 e. The fourth-order valence-electron chi connectivity index (χ4n) is 4.50. The van der Waals surface area contributed by atoms with Crippen molar-refractivity contribution in [3.63, 3.8) is 0 Å². The van der Waals surface area contributed by atoms with Gasteiger partial charge in [-0.3, -0.25) is 9.59 Å². The Morgan fingerprint density at radius 3 is 2.79 bits per heavy atom. The lowest BCUT2D eigenvalue weighted by molar-refractivity contribution is -0.127. The molecule has 2 aromatic heterocycles. The molecule has 1 N–H and O–H groups in total. The van der Waals surface area contributed by atoms with Crippen LogP contribution in [-0.4, -0.2) is 51.5 Å². The van der Waals surface area contributed by atoms with E-state index in [1.54, 1.807) is 14.0 Å². The molecule has 0 aliphatic carbocycles. The first-order valence-electron chi connectivity index (χ1n) is 11.4. The zero-order chi connectivity index (χ0) is 23.5. The van der Waals surface area contributed by atoms with Crippen molar-refractivity contribution >= 4 is 17.5 Å². The third kappa shape index (κ3) is 4.99. The summed E-state index contributed by atoms with van der Waals surface area (Å²) in [5.74, 6) is 1.12. The quantitative estimate of drug-likeness (QED) is 0.599. The average molecular weight is 450 g/mol. The Morgan fingerprint density at radius 2 is 2.06 bits per heavy atom. The number of hydrogen-bond acceptors (Lipinski definition) is 5. The number of aryl methyl sites for hydroxylation is 2. The molecule has 1 atom stereocenters. The molecule has 1 saturated heterocycles. The Balaban J connectivity index is 1.42. The first-order chi connectivity index (χ1) is 15.9. The highest BCUT2D eigenvalue weighted by Crippen LogP contribution is 2.28. The zero-order valence-electron chi connectivity index (χ0n) is 19.7. The second kappa shape index (κ2) is 9.60. The number of fused-ring (bicyclic) bond motifs is 1. The number of amides is 2. The van der Waals surface area contributed by atoms with Gasteiger partial charge >= 0.3 is 0 Å². The van der Waals surface area contributed by atoms with Crippen LogP contribution < -0.4 is 10.1 Å². The number of carbonyl (C=O) groups excluding carboxylic acids is 2. The lowest BCUT2D eigenvalue weighted by Crippen LogP contribution is -2.25. The normalized spacial score (nSPS) is 15.8. The lowest BCUT2D eigenvalue weighted by atomic mass is 10.1. The van der Waals surface area contributed by atoms with Crippen LogP contribution in [0.15, 0.2) is 30.3 Å². The molecule has 4 rings (SSSR count). The van der Waals surface area contributed by atoms with Gasteiger partial charge in [0.05, 0.1) is 12.8 Å². The first kappa shape index (κ1) is 22.8. The highest BCUT2D eigenvalue weighted by Gasteiger charge is 2.28. The predicted octanol–water partition coefficient (Wildman–Crippen LogP) is 2.94. The summed E-state index contributed by atoms with van der Waals surface area (Å²) in [4.78, 5) is 30.8. The predicted molar refractivity (Wildman–Crippen MR) is 125 cm³/mol. The summed E-state index contributed by atoms with van der Waals surface area (Å²) in [6.45, 7) is 7.56. The number of hydrogen-bond donors (Lipinski definition) is 1. The minimum atomic E-state index is -0.00634. The Morgan fingerprint density at radius 1 is 1.24 bits per heavy atom. The van der Waals surface area contributed by atoms with Crippen LogP contribution >= 0.6 is 0 Å². The molecule has 2 amide bonds. The van der Waals surface area contributed by atoms with Crippen molar-refractivity contribution in [2.45, 2.75) is 52.5 Å². The highest BCUT2D eigenvalue weighted by atomic mass is 16.5. The van der Waals surface area contributed by atoms with E-state index >= 15 is 0 Å². The molecule has 1 fully saturated rings. The number of benzene rings is 1. The number of rotatable bonds is 7. The van der Waals surface area contributed by atoms with Crippen molar-refractivity contribution in [3.05, 3.63) is 58.5 Å². The molecule has 3 heterocycles. The van der Waals surface area contributed by atoms with E-state index in [0.717, 1.165) is 52.6 Å². The topological polar surface area (TPSA) is 88.8 Å². The summed E-state index contributed by atoms with van der Waals surface area (Å²) in [5, 5.41) is 7.79. The molecule has 33 heavy (non-hydrogen) atoms. The van der Waals surface area contributed by atoms with Gasteiger partial charge in [-0.2, -0.15) is 5.10 Å². The van der Waals surface area contributed by atoms with Crippen LogP contribution in [0.3, 0.4) is 0 Å². The van der Waals surface area contributed by atoms with Gasteiger partial charge in [0.2, 0.25) is 11.8 Å². The number of ether oxygens (including phenoxy) is 1. The maximum atomic E-state index is 12.5. The molecule has 0 bridgehead atoms. The van der Waals surface area contributed by atoms with E-state index in [0.29, 0.717) is 25.9 Å². The molecular formula is C25H31N5O3. The minimum Gasteiger partial charge on any atom is -0.497 e. The van der Waals surface area contributed by atoms with E-state index in [1.807, 2.05) is 53.6 Å². The summed E-state index contributed by atoms with van der Waals surface area (Å²) in [7, 11) is 1.63. The van der Waals surface area contributed by atoms with Crippen LogP contribution in [0.5, 0.6) is 5.75 Å². The van der Waals surface area contributed by atoms with Crippen molar-refractivity contribution in [1.29, 1.82) is 0 Å². The third-order valence-corrected chi connectivity index (χ3v) is 6.46. The Labute approximate surface area is 193 Å². The number of nitrogens with zero attached hydrogens (tertiary/aromatic N) is 4. The van der Waals surface area contributed by atoms with Gasteiger partial charge in [-0.05, 0) is 49.9 Å². The van der Waals surface area contributed by atoms with E-state index in [4.69, 9.17) is 14.8 Å². The first-order valence-corrected chi connectivity index (χ1v) is 11.4. The molecule has 3 aromatic rings. The second-order valence-electron chi connectivity index (χ2n) is 8.68. The van der Waals surface area contributed by atoms with Crippen molar-refractivity contribution in [2.75, 3.05) is 20.2 Å². The molecule has 1 aliphatic rings. The van der Waals surface area contributed by atoms with E-state index in [1.165, 1.54) is 0 Å². The number of likely N-dealkylation sites (tertiary alicyclic amines) is 1. The Hall–Kier alpha value is -3.42. The number of nitrogens with one attached hydrogen (secondary N) is 1. The summed E-state index contributed by atoms with van der Waals surface area (Å²) in [6, 6.07) is 9.70. The molecule has 8 nitrogen and oxygen atoms in total. The summed E-state index contributed by atoms with van der Waals surface area (Å²) >= 11 is 0. The molecule has 1 aromatic carbocycles. The number of aromatic nitrogens is 3.